The quantitative estimate of drug-likeness (QED) is 0.508. The molecule has 0 bridgehead atoms. The van der Waals surface area contributed by atoms with Crippen LogP contribution in [0.4, 0.5) is 5.69 Å². The zero-order valence-corrected chi connectivity index (χ0v) is 15.1. The predicted molar refractivity (Wildman–Crippen MR) is 107 cm³/mol. The van der Waals surface area contributed by atoms with E-state index >= 15 is 0 Å². The molecular formula is C22H21N3O. The number of methoxy groups -OCH3 is 1. The van der Waals surface area contributed by atoms with Gasteiger partial charge in [-0.25, -0.2) is 4.98 Å². The lowest BCUT2D eigenvalue weighted by Gasteiger charge is -2.07. The van der Waals surface area contributed by atoms with E-state index in [1.807, 2.05) is 24.4 Å². The molecule has 4 nitrogen and oxygen atoms in total. The summed E-state index contributed by atoms with van der Waals surface area (Å²) in [5.74, 6) is 0.628. The number of nitrogens with zero attached hydrogens (tertiary/aromatic N) is 1. The number of anilines is 1. The Bertz CT molecular complexity index is 1110. The van der Waals surface area contributed by atoms with Gasteiger partial charge in [0, 0.05) is 40.1 Å². The smallest absolute Gasteiger partial charge is 0.213 e. The maximum absolute atomic E-state index is 5.88. The number of nitrogens with one attached hydrogen (secondary N) is 1. The molecule has 0 aliphatic rings. The number of nitrogens with two attached hydrogens (primary N) is 1. The van der Waals surface area contributed by atoms with Gasteiger partial charge in [0.1, 0.15) is 0 Å². The van der Waals surface area contributed by atoms with Gasteiger partial charge in [-0.05, 0) is 66.4 Å². The fourth-order valence-corrected chi connectivity index (χ4v) is 3.38. The van der Waals surface area contributed by atoms with Gasteiger partial charge in [-0.15, -0.1) is 0 Å². The summed E-state index contributed by atoms with van der Waals surface area (Å²) in [6.07, 6.45) is 1.85. The number of hydrogen-bond acceptors (Lipinski definition) is 3. The minimum atomic E-state index is 0.628. The minimum Gasteiger partial charge on any atom is -0.481 e. The SMILES string of the molecule is COc1cc(C)c(-c2cc3cc(-c4ccc(N)cc4C)ccc3[nH]2)cn1. The summed E-state index contributed by atoms with van der Waals surface area (Å²) in [6, 6.07) is 16.6. The Morgan fingerprint density at radius 1 is 0.923 bits per heavy atom. The lowest BCUT2D eigenvalue weighted by Crippen LogP contribution is -1.90. The molecule has 3 N–H and O–H groups in total. The summed E-state index contributed by atoms with van der Waals surface area (Å²) in [6.45, 7) is 4.15. The standard InChI is InChI=1S/C22H21N3O/c1-13-8-17(23)5-6-18(13)15-4-7-20-16(10-15)11-21(25-20)19-12-24-22(26-3)9-14(19)2/h4-12,25H,23H2,1-3H3. The van der Waals surface area contributed by atoms with E-state index in [9.17, 15) is 0 Å². The molecule has 4 heteroatoms. The van der Waals surface area contributed by atoms with Crippen LogP contribution in [0.1, 0.15) is 11.1 Å². The largest absolute Gasteiger partial charge is 0.481 e. The van der Waals surface area contributed by atoms with E-state index in [1.165, 1.54) is 22.1 Å². The zero-order valence-electron chi connectivity index (χ0n) is 15.1. The van der Waals surface area contributed by atoms with Crippen molar-refractivity contribution in [3.8, 4) is 28.3 Å². The van der Waals surface area contributed by atoms with E-state index in [4.69, 9.17) is 10.5 Å². The van der Waals surface area contributed by atoms with Crippen LogP contribution in [0, 0.1) is 13.8 Å². The van der Waals surface area contributed by atoms with Crippen molar-refractivity contribution in [2.75, 3.05) is 12.8 Å². The molecule has 4 rings (SSSR count). The third-order valence-electron chi connectivity index (χ3n) is 4.77. The van der Waals surface area contributed by atoms with Gasteiger partial charge in [-0.1, -0.05) is 12.1 Å². The number of fused-ring (bicyclic) bond motifs is 1. The number of H-pyrrole nitrogens is 1. The number of aromatic nitrogens is 2. The molecule has 0 radical (unpaired) electrons. The van der Waals surface area contributed by atoms with Crippen molar-refractivity contribution in [2.24, 2.45) is 0 Å². The zero-order chi connectivity index (χ0) is 18.3. The molecule has 26 heavy (non-hydrogen) atoms. The minimum absolute atomic E-state index is 0.628. The molecule has 0 aliphatic carbocycles. The average molecular weight is 343 g/mol. The molecule has 0 saturated carbocycles. The molecule has 0 aliphatic heterocycles. The van der Waals surface area contributed by atoms with Gasteiger partial charge >= 0.3 is 0 Å². The Morgan fingerprint density at radius 3 is 2.46 bits per heavy atom. The summed E-state index contributed by atoms with van der Waals surface area (Å²) >= 11 is 0. The van der Waals surface area contributed by atoms with Crippen LogP contribution in [0.5, 0.6) is 5.88 Å². The number of aromatic amines is 1. The fourth-order valence-electron chi connectivity index (χ4n) is 3.38. The summed E-state index contributed by atoms with van der Waals surface area (Å²) in [5.41, 5.74) is 14.6. The Hall–Kier alpha value is -3.27. The first-order valence-corrected chi connectivity index (χ1v) is 8.55. The number of ether oxygens (including phenoxy) is 1. The van der Waals surface area contributed by atoms with E-state index in [0.29, 0.717) is 5.88 Å². The monoisotopic (exact) mass is 343 g/mol. The van der Waals surface area contributed by atoms with Gasteiger partial charge in [0.05, 0.1) is 7.11 Å². The first-order chi connectivity index (χ1) is 12.5. The molecule has 0 spiro atoms. The van der Waals surface area contributed by atoms with Crippen molar-refractivity contribution in [2.45, 2.75) is 13.8 Å². The van der Waals surface area contributed by atoms with E-state index < -0.39 is 0 Å². The second-order valence-electron chi connectivity index (χ2n) is 6.60. The average Bonchev–Trinajstić information content (AvgIpc) is 3.04. The van der Waals surface area contributed by atoms with E-state index in [-0.39, 0.29) is 0 Å². The molecule has 0 atom stereocenters. The van der Waals surface area contributed by atoms with Crippen molar-refractivity contribution in [1.82, 2.24) is 9.97 Å². The molecule has 2 aromatic heterocycles. The molecule has 2 heterocycles. The van der Waals surface area contributed by atoms with Gasteiger partial charge in [-0.2, -0.15) is 0 Å². The predicted octanol–water partition coefficient (Wildman–Crippen LogP) is 5.10. The second-order valence-corrected chi connectivity index (χ2v) is 6.60. The third kappa shape index (κ3) is 2.80. The molecule has 0 amide bonds. The van der Waals surface area contributed by atoms with Crippen LogP contribution in [0.25, 0.3) is 33.3 Å². The summed E-state index contributed by atoms with van der Waals surface area (Å²) < 4.78 is 5.20. The normalized spacial score (nSPS) is 11.0. The van der Waals surface area contributed by atoms with Crippen LogP contribution in [-0.2, 0) is 0 Å². The first kappa shape index (κ1) is 16.2. The maximum Gasteiger partial charge on any atom is 0.213 e. The highest BCUT2D eigenvalue weighted by Gasteiger charge is 2.10. The van der Waals surface area contributed by atoms with Gasteiger partial charge in [0.2, 0.25) is 5.88 Å². The molecule has 2 aromatic carbocycles. The highest BCUT2D eigenvalue weighted by Crippen LogP contribution is 2.32. The van der Waals surface area contributed by atoms with E-state index in [2.05, 4.69) is 54.1 Å². The van der Waals surface area contributed by atoms with Crippen LogP contribution >= 0.6 is 0 Å². The number of aryl methyl sites for hydroxylation is 2. The van der Waals surface area contributed by atoms with Crippen LogP contribution in [0.3, 0.4) is 0 Å². The van der Waals surface area contributed by atoms with E-state index in [1.54, 1.807) is 7.11 Å². The van der Waals surface area contributed by atoms with Gasteiger partial charge in [0.25, 0.3) is 0 Å². The molecular weight excluding hydrogens is 322 g/mol. The highest BCUT2D eigenvalue weighted by atomic mass is 16.5. The highest BCUT2D eigenvalue weighted by molar-refractivity contribution is 5.90. The Kier molecular flexibility index (Phi) is 3.88. The second kappa shape index (κ2) is 6.23. The molecule has 0 fully saturated rings. The van der Waals surface area contributed by atoms with Crippen LogP contribution < -0.4 is 10.5 Å². The van der Waals surface area contributed by atoms with Crippen molar-refractivity contribution in [3.63, 3.8) is 0 Å². The number of rotatable bonds is 3. The topological polar surface area (TPSA) is 63.9 Å². The summed E-state index contributed by atoms with van der Waals surface area (Å²) in [7, 11) is 1.63. The fraction of sp³-hybridized carbons (Fsp3) is 0.136. The molecule has 130 valence electrons. The van der Waals surface area contributed by atoms with Crippen LogP contribution in [0.15, 0.2) is 54.7 Å². The molecule has 0 saturated heterocycles. The van der Waals surface area contributed by atoms with Gasteiger partial charge in [-0.3, -0.25) is 0 Å². The van der Waals surface area contributed by atoms with Crippen molar-refractivity contribution in [1.29, 1.82) is 0 Å². The lowest BCUT2D eigenvalue weighted by molar-refractivity contribution is 0.397. The first-order valence-electron chi connectivity index (χ1n) is 8.55. The van der Waals surface area contributed by atoms with Crippen LogP contribution in [0.2, 0.25) is 0 Å². The van der Waals surface area contributed by atoms with E-state index in [0.717, 1.165) is 28.0 Å². The molecule has 4 aromatic rings. The van der Waals surface area contributed by atoms with Crippen LogP contribution in [-0.4, -0.2) is 17.1 Å². The lowest BCUT2D eigenvalue weighted by atomic mass is 9.99. The Balaban J connectivity index is 1.79. The van der Waals surface area contributed by atoms with Gasteiger partial charge < -0.3 is 15.5 Å². The summed E-state index contributed by atoms with van der Waals surface area (Å²) in [4.78, 5) is 7.83. The van der Waals surface area contributed by atoms with Crippen molar-refractivity contribution < 1.29 is 4.74 Å². The summed E-state index contributed by atoms with van der Waals surface area (Å²) in [5, 5.41) is 1.17. The van der Waals surface area contributed by atoms with Crippen molar-refractivity contribution in [3.05, 3.63) is 65.9 Å². The Labute approximate surface area is 152 Å². The van der Waals surface area contributed by atoms with Crippen molar-refractivity contribution >= 4 is 16.6 Å². The maximum atomic E-state index is 5.88. The number of hydrogen-bond donors (Lipinski definition) is 2. The third-order valence-corrected chi connectivity index (χ3v) is 4.77. The number of nitrogen functional groups attached to an aromatic ring is 1. The number of pyridine rings is 1. The number of benzene rings is 2. The Morgan fingerprint density at radius 2 is 1.73 bits per heavy atom. The van der Waals surface area contributed by atoms with Gasteiger partial charge in [0.15, 0.2) is 0 Å². The molecule has 0 unspecified atom stereocenters.